The normalized spacial score (nSPS) is 24.2. The van der Waals surface area contributed by atoms with Crippen LogP contribution in [0.2, 0.25) is 0 Å². The highest BCUT2D eigenvalue weighted by atomic mass is 16.5. The first-order chi connectivity index (χ1) is 14.1. The minimum Gasteiger partial charge on any atom is -0.493 e. The molecule has 0 saturated carbocycles. The second-order valence-electron chi connectivity index (χ2n) is 8.03. The lowest BCUT2D eigenvalue weighted by atomic mass is 9.93. The van der Waals surface area contributed by atoms with Gasteiger partial charge in [-0.3, -0.25) is 4.90 Å². The zero-order valence-corrected chi connectivity index (χ0v) is 17.6. The van der Waals surface area contributed by atoms with E-state index in [1.807, 2.05) is 13.0 Å². The SMILES string of the molecule is CCOc1c(C2=CNC(C3CCNCC3)N2)ccc2c1CCC(C)N2C(=O)OC. The summed E-state index contributed by atoms with van der Waals surface area (Å²) in [6.45, 7) is 6.78. The van der Waals surface area contributed by atoms with Crippen LogP contribution in [0.4, 0.5) is 10.5 Å². The van der Waals surface area contributed by atoms with Gasteiger partial charge in [0.25, 0.3) is 0 Å². The van der Waals surface area contributed by atoms with Gasteiger partial charge < -0.3 is 25.4 Å². The predicted molar refractivity (Wildman–Crippen MR) is 114 cm³/mol. The van der Waals surface area contributed by atoms with Crippen molar-refractivity contribution in [2.24, 2.45) is 5.92 Å². The van der Waals surface area contributed by atoms with Crippen LogP contribution in [-0.4, -0.2) is 45.1 Å². The average Bonchev–Trinajstić information content (AvgIpc) is 3.24. The summed E-state index contributed by atoms with van der Waals surface area (Å²) >= 11 is 0. The van der Waals surface area contributed by atoms with Crippen LogP contribution in [-0.2, 0) is 11.2 Å². The monoisotopic (exact) mass is 400 g/mol. The lowest BCUT2D eigenvalue weighted by Gasteiger charge is -2.35. The number of carbonyl (C=O) groups is 1. The highest BCUT2D eigenvalue weighted by molar-refractivity contribution is 5.91. The standard InChI is InChI=1S/C22H32N4O3/c1-4-29-20-16(18-13-24-21(25-18)15-9-11-23-12-10-15)7-8-19-17(20)6-5-14(2)26(19)22(27)28-3/h7-8,13-15,21,23-25H,4-6,9-12H2,1-3H3. The maximum Gasteiger partial charge on any atom is 0.414 e. The third-order valence-corrected chi connectivity index (χ3v) is 6.27. The molecule has 0 radical (unpaired) electrons. The molecule has 1 aromatic carbocycles. The highest BCUT2D eigenvalue weighted by Crippen LogP contribution is 2.41. The van der Waals surface area contributed by atoms with Gasteiger partial charge in [0.15, 0.2) is 0 Å². The molecule has 29 heavy (non-hydrogen) atoms. The van der Waals surface area contributed by atoms with Crippen LogP contribution in [0.25, 0.3) is 5.70 Å². The topological polar surface area (TPSA) is 74.9 Å². The Kier molecular flexibility index (Phi) is 5.85. The summed E-state index contributed by atoms with van der Waals surface area (Å²) in [7, 11) is 1.43. The highest BCUT2D eigenvalue weighted by Gasteiger charge is 2.33. The van der Waals surface area contributed by atoms with Gasteiger partial charge in [-0.2, -0.15) is 0 Å². The molecule has 1 saturated heterocycles. The largest absolute Gasteiger partial charge is 0.493 e. The molecule has 7 nitrogen and oxygen atoms in total. The Hall–Kier alpha value is -2.41. The smallest absolute Gasteiger partial charge is 0.414 e. The van der Waals surface area contributed by atoms with E-state index in [1.54, 1.807) is 4.90 Å². The molecule has 0 aromatic heterocycles. The zero-order chi connectivity index (χ0) is 20.4. The number of fused-ring (bicyclic) bond motifs is 1. The lowest BCUT2D eigenvalue weighted by Crippen LogP contribution is -2.44. The molecule has 1 amide bonds. The first-order valence-corrected chi connectivity index (χ1v) is 10.7. The third-order valence-electron chi connectivity index (χ3n) is 6.27. The molecular formula is C22H32N4O3. The number of piperidine rings is 1. The summed E-state index contributed by atoms with van der Waals surface area (Å²) in [6, 6.07) is 4.19. The van der Waals surface area contributed by atoms with Crippen molar-refractivity contribution in [1.82, 2.24) is 16.0 Å². The molecule has 1 fully saturated rings. The maximum atomic E-state index is 12.4. The van der Waals surface area contributed by atoms with Crippen LogP contribution in [0.3, 0.4) is 0 Å². The van der Waals surface area contributed by atoms with E-state index in [0.717, 1.165) is 54.2 Å². The Bertz CT molecular complexity index is 789. The lowest BCUT2D eigenvalue weighted by molar-refractivity contribution is 0.175. The minimum absolute atomic E-state index is 0.102. The minimum atomic E-state index is -0.320. The van der Waals surface area contributed by atoms with Crippen LogP contribution in [0, 0.1) is 5.92 Å². The number of rotatable bonds is 4. The second kappa shape index (κ2) is 8.53. The first kappa shape index (κ1) is 19.9. The third kappa shape index (κ3) is 3.75. The van der Waals surface area contributed by atoms with Crippen molar-refractivity contribution in [3.63, 3.8) is 0 Å². The van der Waals surface area contributed by atoms with E-state index in [0.29, 0.717) is 12.5 Å². The number of benzene rings is 1. The fourth-order valence-electron chi connectivity index (χ4n) is 4.71. The quantitative estimate of drug-likeness (QED) is 0.722. The van der Waals surface area contributed by atoms with Gasteiger partial charge in [0.2, 0.25) is 0 Å². The first-order valence-electron chi connectivity index (χ1n) is 10.7. The van der Waals surface area contributed by atoms with Gasteiger partial charge in [-0.05, 0) is 70.7 Å². The Morgan fingerprint density at radius 2 is 2.03 bits per heavy atom. The maximum absolute atomic E-state index is 12.4. The molecule has 0 bridgehead atoms. The molecule has 2 unspecified atom stereocenters. The number of amides is 1. The van der Waals surface area contributed by atoms with E-state index in [1.165, 1.54) is 20.0 Å². The molecule has 3 aliphatic rings. The molecule has 3 heterocycles. The number of carbonyl (C=O) groups excluding carboxylic acids is 1. The summed E-state index contributed by atoms with van der Waals surface area (Å²) in [5, 5.41) is 10.6. The van der Waals surface area contributed by atoms with Crippen LogP contribution >= 0.6 is 0 Å². The Morgan fingerprint density at radius 1 is 1.24 bits per heavy atom. The van der Waals surface area contributed by atoms with Crippen molar-refractivity contribution in [2.45, 2.75) is 51.7 Å². The van der Waals surface area contributed by atoms with E-state index in [2.05, 4.69) is 35.1 Å². The van der Waals surface area contributed by atoms with Crippen LogP contribution in [0.5, 0.6) is 5.75 Å². The Balaban J connectivity index is 1.64. The number of anilines is 1. The molecule has 1 aromatic rings. The molecule has 0 spiro atoms. The molecular weight excluding hydrogens is 368 g/mol. The van der Waals surface area contributed by atoms with Crippen LogP contribution < -0.4 is 25.6 Å². The van der Waals surface area contributed by atoms with Crippen LogP contribution in [0.1, 0.15) is 44.2 Å². The number of hydrogen-bond donors (Lipinski definition) is 3. The van der Waals surface area contributed by atoms with Crippen molar-refractivity contribution < 1.29 is 14.3 Å². The van der Waals surface area contributed by atoms with E-state index < -0.39 is 0 Å². The molecule has 2 atom stereocenters. The van der Waals surface area contributed by atoms with Gasteiger partial charge in [0.1, 0.15) is 5.75 Å². The Labute approximate surface area is 172 Å². The zero-order valence-electron chi connectivity index (χ0n) is 17.6. The van der Waals surface area contributed by atoms with Crippen molar-refractivity contribution in [3.8, 4) is 5.75 Å². The van der Waals surface area contributed by atoms with Gasteiger partial charge >= 0.3 is 6.09 Å². The van der Waals surface area contributed by atoms with Gasteiger partial charge in [-0.25, -0.2) is 4.79 Å². The van der Waals surface area contributed by atoms with E-state index >= 15 is 0 Å². The molecule has 0 aliphatic carbocycles. The van der Waals surface area contributed by atoms with Crippen molar-refractivity contribution in [1.29, 1.82) is 0 Å². The van der Waals surface area contributed by atoms with Gasteiger partial charge in [0, 0.05) is 23.4 Å². The molecule has 7 heteroatoms. The van der Waals surface area contributed by atoms with E-state index in [-0.39, 0.29) is 18.3 Å². The molecule has 3 aliphatic heterocycles. The summed E-state index contributed by atoms with van der Waals surface area (Å²) in [5.41, 5.74) is 4.09. The Morgan fingerprint density at radius 3 is 2.76 bits per heavy atom. The van der Waals surface area contributed by atoms with Crippen molar-refractivity contribution in [3.05, 3.63) is 29.5 Å². The molecule has 3 N–H and O–H groups in total. The predicted octanol–water partition coefficient (Wildman–Crippen LogP) is 2.81. The number of ether oxygens (including phenoxy) is 2. The molecule has 158 valence electrons. The molecule has 4 rings (SSSR count). The van der Waals surface area contributed by atoms with Gasteiger partial charge in [-0.15, -0.1) is 0 Å². The number of hydrogen-bond acceptors (Lipinski definition) is 6. The summed E-state index contributed by atoms with van der Waals surface area (Å²) in [5.74, 6) is 1.48. The number of methoxy groups -OCH3 is 1. The fourth-order valence-corrected chi connectivity index (χ4v) is 4.71. The second-order valence-corrected chi connectivity index (χ2v) is 8.03. The van der Waals surface area contributed by atoms with Gasteiger partial charge in [-0.1, -0.05) is 0 Å². The van der Waals surface area contributed by atoms with Gasteiger partial charge in [0.05, 0.1) is 31.3 Å². The fraction of sp³-hybridized carbons (Fsp3) is 0.591. The summed E-state index contributed by atoms with van der Waals surface area (Å²) in [4.78, 5) is 14.1. The average molecular weight is 401 g/mol. The van der Waals surface area contributed by atoms with Crippen LogP contribution in [0.15, 0.2) is 18.3 Å². The number of nitrogens with one attached hydrogen (secondary N) is 3. The summed E-state index contributed by atoms with van der Waals surface area (Å²) < 4.78 is 11.2. The van der Waals surface area contributed by atoms with E-state index in [4.69, 9.17) is 9.47 Å². The van der Waals surface area contributed by atoms with Crippen molar-refractivity contribution in [2.75, 3.05) is 31.7 Å². The van der Waals surface area contributed by atoms with E-state index in [9.17, 15) is 4.79 Å². The van der Waals surface area contributed by atoms with Crippen molar-refractivity contribution >= 4 is 17.5 Å². The summed E-state index contributed by atoms with van der Waals surface area (Å²) in [6.07, 6.45) is 6.10. The number of nitrogens with zero attached hydrogens (tertiary/aromatic N) is 1.